The second-order valence-electron chi connectivity index (χ2n) is 7.40. The second kappa shape index (κ2) is 8.62. The highest BCUT2D eigenvalue weighted by atomic mass is 16.5. The summed E-state index contributed by atoms with van der Waals surface area (Å²) in [7, 11) is 3.14. The molecule has 0 radical (unpaired) electrons. The lowest BCUT2D eigenvalue weighted by Gasteiger charge is -2.24. The maximum absolute atomic E-state index is 5.40. The van der Waals surface area contributed by atoms with E-state index in [1.807, 2.05) is 0 Å². The quantitative estimate of drug-likeness (QED) is 0.595. The van der Waals surface area contributed by atoms with E-state index in [0.717, 1.165) is 11.1 Å². The summed E-state index contributed by atoms with van der Waals surface area (Å²) in [6.07, 6.45) is 4.37. The summed E-state index contributed by atoms with van der Waals surface area (Å²) in [6.45, 7) is 4.73. The van der Waals surface area contributed by atoms with E-state index in [0.29, 0.717) is 17.9 Å². The fraction of sp³-hybridized carbons (Fsp3) is 0.333. The van der Waals surface area contributed by atoms with Crippen molar-refractivity contribution in [1.82, 2.24) is 14.9 Å². The number of likely N-dealkylation sites (tertiary alicyclic amines) is 1. The van der Waals surface area contributed by atoms with Gasteiger partial charge in [-0.25, -0.2) is 4.98 Å². The van der Waals surface area contributed by atoms with Crippen molar-refractivity contribution in [2.45, 2.75) is 25.8 Å². The van der Waals surface area contributed by atoms with Crippen LogP contribution in [0, 0.1) is 0 Å². The molecule has 150 valence electrons. The molecule has 1 unspecified atom stereocenters. The van der Waals surface area contributed by atoms with Crippen LogP contribution in [0.3, 0.4) is 0 Å². The highest BCUT2D eigenvalue weighted by molar-refractivity contribution is 5.72. The Kier molecular flexibility index (Phi) is 5.76. The van der Waals surface area contributed by atoms with Gasteiger partial charge in [-0.2, -0.15) is 4.98 Å². The average molecular weight is 389 g/mol. The predicted molar refractivity (Wildman–Crippen MR) is 115 cm³/mol. The highest BCUT2D eigenvalue weighted by Gasteiger charge is 2.19. The van der Waals surface area contributed by atoms with E-state index in [2.05, 4.69) is 70.3 Å². The predicted octanol–water partition coefficient (Wildman–Crippen LogP) is 4.98. The summed E-state index contributed by atoms with van der Waals surface area (Å²) < 4.78 is 10.5. The van der Waals surface area contributed by atoms with Crippen molar-refractivity contribution in [2.75, 3.05) is 27.3 Å². The van der Waals surface area contributed by atoms with Gasteiger partial charge >= 0.3 is 6.01 Å². The third-order valence-corrected chi connectivity index (χ3v) is 5.72. The Morgan fingerprint density at radius 2 is 1.41 bits per heavy atom. The minimum absolute atomic E-state index is 0.297. The van der Waals surface area contributed by atoms with Gasteiger partial charge in [-0.3, -0.25) is 4.90 Å². The minimum atomic E-state index is 0.297. The topological polar surface area (TPSA) is 47.5 Å². The Balaban J connectivity index is 1.53. The number of benzene rings is 2. The Labute approximate surface area is 172 Å². The molecular formula is C24H27N3O2. The van der Waals surface area contributed by atoms with E-state index in [-0.39, 0.29) is 0 Å². The molecule has 3 aromatic rings. The first-order valence-corrected chi connectivity index (χ1v) is 10.1. The van der Waals surface area contributed by atoms with Crippen molar-refractivity contribution in [2.24, 2.45) is 0 Å². The molecule has 1 aliphatic heterocycles. The number of nitrogens with zero attached hydrogens (tertiary/aromatic N) is 3. The van der Waals surface area contributed by atoms with E-state index in [4.69, 9.17) is 9.47 Å². The fourth-order valence-electron chi connectivity index (χ4n) is 3.94. The van der Waals surface area contributed by atoms with Gasteiger partial charge in [0.2, 0.25) is 5.88 Å². The van der Waals surface area contributed by atoms with Gasteiger partial charge in [-0.05, 0) is 55.1 Å². The van der Waals surface area contributed by atoms with Crippen LogP contribution in [-0.4, -0.2) is 42.2 Å². The Bertz CT molecular complexity index is 949. The lowest BCUT2D eigenvalue weighted by atomic mass is 9.99. The molecule has 0 spiro atoms. The van der Waals surface area contributed by atoms with Gasteiger partial charge in [-0.1, -0.05) is 48.5 Å². The molecule has 0 saturated carbocycles. The summed E-state index contributed by atoms with van der Waals surface area (Å²) in [4.78, 5) is 11.0. The maximum atomic E-state index is 5.40. The molecule has 1 aromatic heterocycles. The monoisotopic (exact) mass is 389 g/mol. The van der Waals surface area contributed by atoms with Crippen LogP contribution in [0.4, 0.5) is 0 Å². The molecule has 0 N–H and O–H groups in total. The lowest BCUT2D eigenvalue weighted by Crippen LogP contribution is -2.23. The van der Waals surface area contributed by atoms with Crippen LogP contribution in [0.25, 0.3) is 22.3 Å². The van der Waals surface area contributed by atoms with Gasteiger partial charge in [0, 0.05) is 12.2 Å². The van der Waals surface area contributed by atoms with Gasteiger partial charge in [-0.15, -0.1) is 0 Å². The van der Waals surface area contributed by atoms with E-state index >= 15 is 0 Å². The normalized spacial score (nSPS) is 15.3. The molecule has 0 aliphatic carbocycles. The first kappa shape index (κ1) is 19.4. The van der Waals surface area contributed by atoms with Crippen molar-refractivity contribution in [3.63, 3.8) is 0 Å². The Hall–Kier alpha value is -2.92. The van der Waals surface area contributed by atoms with Crippen molar-refractivity contribution in [3.8, 4) is 34.1 Å². The van der Waals surface area contributed by atoms with Gasteiger partial charge in [0.05, 0.1) is 19.8 Å². The number of hydrogen-bond donors (Lipinski definition) is 0. The van der Waals surface area contributed by atoms with E-state index in [1.54, 1.807) is 20.4 Å². The molecule has 4 rings (SSSR count). The summed E-state index contributed by atoms with van der Waals surface area (Å²) in [6, 6.07) is 18.1. The zero-order valence-electron chi connectivity index (χ0n) is 17.3. The van der Waals surface area contributed by atoms with E-state index in [1.165, 1.54) is 42.6 Å². The summed E-state index contributed by atoms with van der Waals surface area (Å²) in [5.74, 6) is 0.504. The Morgan fingerprint density at radius 3 is 2.00 bits per heavy atom. The molecule has 5 nitrogen and oxygen atoms in total. The zero-order valence-corrected chi connectivity index (χ0v) is 17.3. The smallest absolute Gasteiger partial charge is 0.319 e. The molecule has 1 saturated heterocycles. The van der Waals surface area contributed by atoms with Gasteiger partial charge in [0.1, 0.15) is 0 Å². The highest BCUT2D eigenvalue weighted by Crippen LogP contribution is 2.31. The number of rotatable bonds is 6. The number of aromatic nitrogens is 2. The van der Waals surface area contributed by atoms with Gasteiger partial charge in [0.25, 0.3) is 0 Å². The van der Waals surface area contributed by atoms with Crippen molar-refractivity contribution in [1.29, 1.82) is 0 Å². The summed E-state index contributed by atoms with van der Waals surface area (Å²) in [5, 5.41) is 0. The molecule has 29 heavy (non-hydrogen) atoms. The molecule has 0 amide bonds. The van der Waals surface area contributed by atoms with Crippen molar-refractivity contribution in [3.05, 3.63) is 60.3 Å². The molecule has 1 atom stereocenters. The molecular weight excluding hydrogens is 362 g/mol. The van der Waals surface area contributed by atoms with Crippen LogP contribution in [-0.2, 0) is 0 Å². The number of ether oxygens (including phenoxy) is 2. The fourth-order valence-corrected chi connectivity index (χ4v) is 3.94. The van der Waals surface area contributed by atoms with Crippen LogP contribution >= 0.6 is 0 Å². The number of methoxy groups -OCH3 is 2. The van der Waals surface area contributed by atoms with Crippen molar-refractivity contribution < 1.29 is 9.47 Å². The van der Waals surface area contributed by atoms with E-state index in [9.17, 15) is 0 Å². The van der Waals surface area contributed by atoms with Crippen LogP contribution in [0.15, 0.2) is 54.7 Å². The SMILES string of the molecule is COc1ncc(-c2ccc(-c3ccc(C(C)N4CCCC4)cc3)cc2)c(OC)n1. The van der Waals surface area contributed by atoms with Crippen LogP contribution in [0.1, 0.15) is 31.4 Å². The minimum Gasteiger partial charge on any atom is -0.480 e. The van der Waals surface area contributed by atoms with Gasteiger partial charge < -0.3 is 9.47 Å². The third-order valence-electron chi connectivity index (χ3n) is 5.72. The van der Waals surface area contributed by atoms with Crippen molar-refractivity contribution >= 4 is 0 Å². The first-order valence-electron chi connectivity index (χ1n) is 10.1. The molecule has 2 heterocycles. The molecule has 1 aliphatic rings. The molecule has 1 fully saturated rings. The largest absolute Gasteiger partial charge is 0.480 e. The van der Waals surface area contributed by atoms with E-state index < -0.39 is 0 Å². The average Bonchev–Trinajstić information content (AvgIpc) is 3.33. The maximum Gasteiger partial charge on any atom is 0.319 e. The molecule has 2 aromatic carbocycles. The Morgan fingerprint density at radius 1 is 0.828 bits per heavy atom. The second-order valence-corrected chi connectivity index (χ2v) is 7.40. The lowest BCUT2D eigenvalue weighted by molar-refractivity contribution is 0.263. The van der Waals surface area contributed by atoms with Crippen LogP contribution in [0.2, 0.25) is 0 Å². The summed E-state index contributed by atoms with van der Waals surface area (Å²) >= 11 is 0. The number of hydrogen-bond acceptors (Lipinski definition) is 5. The first-order chi connectivity index (χ1) is 14.2. The van der Waals surface area contributed by atoms with Gasteiger partial charge in [0.15, 0.2) is 0 Å². The molecule has 0 bridgehead atoms. The summed E-state index contributed by atoms with van der Waals surface area (Å²) in [5.41, 5.74) is 5.63. The zero-order chi connectivity index (χ0) is 20.2. The molecule has 5 heteroatoms. The standard InChI is InChI=1S/C24H27N3O2/c1-17(27-14-4-5-15-27)18-6-8-19(9-7-18)20-10-12-21(13-11-20)22-16-25-24(29-3)26-23(22)28-2/h6-13,16-17H,4-5,14-15H2,1-3H3. The third kappa shape index (κ3) is 4.10. The van der Waals surface area contributed by atoms with Crippen LogP contribution < -0.4 is 9.47 Å². The van der Waals surface area contributed by atoms with Crippen LogP contribution in [0.5, 0.6) is 11.9 Å².